The molecule has 2 aliphatic carbocycles. The van der Waals surface area contributed by atoms with E-state index in [1.54, 1.807) is 0 Å². The predicted molar refractivity (Wildman–Crippen MR) is 66.0 cm³/mol. The number of nitrogens with one attached hydrogen (secondary N) is 1. The normalized spacial score (nSPS) is 33.0. The quantitative estimate of drug-likeness (QED) is 0.744. The first-order valence-corrected chi connectivity index (χ1v) is 6.88. The van der Waals surface area contributed by atoms with Gasteiger partial charge in [0.15, 0.2) is 0 Å². The van der Waals surface area contributed by atoms with Gasteiger partial charge in [-0.25, -0.2) is 0 Å². The van der Waals surface area contributed by atoms with Gasteiger partial charge in [-0.3, -0.25) is 0 Å². The van der Waals surface area contributed by atoms with E-state index in [0.29, 0.717) is 5.41 Å². The van der Waals surface area contributed by atoms with Crippen LogP contribution >= 0.6 is 0 Å². The molecule has 0 aliphatic heterocycles. The molecular weight excluding hydrogens is 182 g/mol. The molecule has 1 nitrogen and oxygen atoms in total. The van der Waals surface area contributed by atoms with Crippen LogP contribution in [0.15, 0.2) is 0 Å². The van der Waals surface area contributed by atoms with Crippen LogP contribution in [0, 0.1) is 11.3 Å². The highest BCUT2D eigenvalue weighted by molar-refractivity contribution is 4.89. The van der Waals surface area contributed by atoms with Gasteiger partial charge in [-0.15, -0.1) is 0 Å². The summed E-state index contributed by atoms with van der Waals surface area (Å²) in [5.74, 6) is 0.972. The van der Waals surface area contributed by atoms with E-state index < -0.39 is 0 Å². The van der Waals surface area contributed by atoms with Gasteiger partial charge in [0.25, 0.3) is 0 Å². The maximum absolute atomic E-state index is 3.78. The third kappa shape index (κ3) is 2.96. The molecule has 0 aromatic carbocycles. The molecule has 2 aliphatic rings. The Morgan fingerprint density at radius 1 is 0.933 bits per heavy atom. The molecule has 0 atom stereocenters. The van der Waals surface area contributed by atoms with Crippen molar-refractivity contribution >= 4 is 0 Å². The largest absolute Gasteiger partial charge is 0.311 e. The van der Waals surface area contributed by atoms with Crippen LogP contribution in [0.1, 0.15) is 65.7 Å². The lowest BCUT2D eigenvalue weighted by molar-refractivity contribution is 0.137. The van der Waals surface area contributed by atoms with Crippen molar-refractivity contribution in [3.8, 4) is 0 Å². The first-order chi connectivity index (χ1) is 7.12. The van der Waals surface area contributed by atoms with Crippen molar-refractivity contribution in [1.29, 1.82) is 0 Å². The molecule has 15 heavy (non-hydrogen) atoms. The summed E-state index contributed by atoms with van der Waals surface area (Å²) in [6.07, 6.45) is 9.94. The fourth-order valence-electron chi connectivity index (χ4n) is 2.91. The Morgan fingerprint density at radius 3 is 1.80 bits per heavy atom. The van der Waals surface area contributed by atoms with E-state index in [9.17, 15) is 0 Å². The van der Waals surface area contributed by atoms with Gasteiger partial charge < -0.3 is 5.32 Å². The van der Waals surface area contributed by atoms with Crippen LogP contribution in [-0.4, -0.2) is 12.1 Å². The van der Waals surface area contributed by atoms with Gasteiger partial charge in [0, 0.05) is 12.1 Å². The third-order valence-electron chi connectivity index (χ3n) is 4.79. The molecule has 1 heteroatoms. The third-order valence-corrected chi connectivity index (χ3v) is 4.79. The second-order valence-corrected chi connectivity index (χ2v) is 6.33. The SMILES string of the molecule is CCC(C)(C)C1CCC(NC2CC2)CC1. The molecule has 0 unspecified atom stereocenters. The second-order valence-electron chi connectivity index (χ2n) is 6.33. The molecule has 2 fully saturated rings. The van der Waals surface area contributed by atoms with E-state index in [0.717, 1.165) is 18.0 Å². The van der Waals surface area contributed by atoms with Crippen molar-refractivity contribution in [2.75, 3.05) is 0 Å². The van der Waals surface area contributed by atoms with Crippen LogP contribution in [0.3, 0.4) is 0 Å². The van der Waals surface area contributed by atoms with Gasteiger partial charge >= 0.3 is 0 Å². The van der Waals surface area contributed by atoms with Crippen molar-refractivity contribution < 1.29 is 0 Å². The minimum Gasteiger partial charge on any atom is -0.311 e. The fourth-order valence-corrected chi connectivity index (χ4v) is 2.91. The van der Waals surface area contributed by atoms with Crippen LogP contribution in [0.4, 0.5) is 0 Å². The van der Waals surface area contributed by atoms with Crippen LogP contribution in [-0.2, 0) is 0 Å². The van der Waals surface area contributed by atoms with Crippen molar-refractivity contribution in [1.82, 2.24) is 5.32 Å². The highest BCUT2D eigenvalue weighted by Crippen LogP contribution is 2.40. The van der Waals surface area contributed by atoms with Crippen molar-refractivity contribution in [3.63, 3.8) is 0 Å². The lowest BCUT2D eigenvalue weighted by atomic mass is 9.69. The monoisotopic (exact) mass is 209 g/mol. The lowest BCUT2D eigenvalue weighted by Crippen LogP contribution is -2.37. The molecule has 0 radical (unpaired) electrons. The summed E-state index contributed by atoms with van der Waals surface area (Å²) in [4.78, 5) is 0. The molecule has 0 saturated heterocycles. The summed E-state index contributed by atoms with van der Waals surface area (Å²) in [7, 11) is 0. The Hall–Kier alpha value is -0.0400. The number of hydrogen-bond acceptors (Lipinski definition) is 1. The molecule has 0 heterocycles. The smallest absolute Gasteiger partial charge is 0.00708 e. The minimum absolute atomic E-state index is 0.574. The van der Waals surface area contributed by atoms with Gasteiger partial charge in [0.05, 0.1) is 0 Å². The standard InChI is InChI=1S/C14H27N/c1-4-14(2,3)11-5-7-12(8-6-11)15-13-9-10-13/h11-13,15H,4-10H2,1-3H3. The topological polar surface area (TPSA) is 12.0 Å². The van der Waals surface area contributed by atoms with Crippen molar-refractivity contribution in [2.45, 2.75) is 77.8 Å². The summed E-state index contributed by atoms with van der Waals surface area (Å²) in [5.41, 5.74) is 0.574. The average Bonchev–Trinajstić information content (AvgIpc) is 3.03. The van der Waals surface area contributed by atoms with Gasteiger partial charge in [-0.05, 0) is 49.9 Å². The Bertz CT molecular complexity index is 197. The molecule has 1 N–H and O–H groups in total. The van der Waals surface area contributed by atoms with E-state index in [2.05, 4.69) is 26.1 Å². The Labute approximate surface area is 95.0 Å². The fraction of sp³-hybridized carbons (Fsp3) is 1.00. The number of hydrogen-bond donors (Lipinski definition) is 1. The molecule has 0 spiro atoms. The molecule has 2 saturated carbocycles. The zero-order valence-electron chi connectivity index (χ0n) is 10.7. The summed E-state index contributed by atoms with van der Waals surface area (Å²) < 4.78 is 0. The summed E-state index contributed by atoms with van der Waals surface area (Å²) >= 11 is 0. The average molecular weight is 209 g/mol. The van der Waals surface area contributed by atoms with Crippen LogP contribution < -0.4 is 5.32 Å². The molecule has 2 rings (SSSR count). The van der Waals surface area contributed by atoms with E-state index in [4.69, 9.17) is 0 Å². The first-order valence-electron chi connectivity index (χ1n) is 6.88. The minimum atomic E-state index is 0.574. The van der Waals surface area contributed by atoms with Crippen LogP contribution in [0.25, 0.3) is 0 Å². The summed E-state index contributed by atoms with van der Waals surface area (Å²) in [5, 5.41) is 3.78. The zero-order chi connectivity index (χ0) is 10.9. The molecule has 0 amide bonds. The van der Waals surface area contributed by atoms with Gasteiger partial charge in [-0.1, -0.05) is 27.2 Å². The lowest BCUT2D eigenvalue weighted by Gasteiger charge is -2.39. The molecule has 0 aromatic heterocycles. The summed E-state index contributed by atoms with van der Waals surface area (Å²) in [6, 6.07) is 1.74. The van der Waals surface area contributed by atoms with E-state index in [1.165, 1.54) is 44.9 Å². The predicted octanol–water partition coefficient (Wildman–Crippen LogP) is 3.73. The molecule has 88 valence electrons. The maximum Gasteiger partial charge on any atom is 0.00708 e. The van der Waals surface area contributed by atoms with Crippen LogP contribution in [0.5, 0.6) is 0 Å². The highest BCUT2D eigenvalue weighted by atomic mass is 15.0. The van der Waals surface area contributed by atoms with Gasteiger partial charge in [0.2, 0.25) is 0 Å². The van der Waals surface area contributed by atoms with Gasteiger partial charge in [0.1, 0.15) is 0 Å². The van der Waals surface area contributed by atoms with E-state index >= 15 is 0 Å². The zero-order valence-corrected chi connectivity index (χ0v) is 10.7. The Morgan fingerprint density at radius 2 is 1.40 bits per heavy atom. The highest BCUT2D eigenvalue weighted by Gasteiger charge is 2.33. The van der Waals surface area contributed by atoms with Gasteiger partial charge in [-0.2, -0.15) is 0 Å². The van der Waals surface area contributed by atoms with Crippen molar-refractivity contribution in [3.05, 3.63) is 0 Å². The molecular formula is C14H27N. The van der Waals surface area contributed by atoms with Crippen molar-refractivity contribution in [2.24, 2.45) is 11.3 Å². The number of rotatable bonds is 4. The second kappa shape index (κ2) is 4.45. The Kier molecular flexibility index (Phi) is 3.39. The molecule has 0 aromatic rings. The van der Waals surface area contributed by atoms with Crippen LogP contribution in [0.2, 0.25) is 0 Å². The maximum atomic E-state index is 3.78. The Balaban J connectivity index is 1.75. The summed E-state index contributed by atoms with van der Waals surface area (Å²) in [6.45, 7) is 7.24. The van der Waals surface area contributed by atoms with E-state index in [1.807, 2.05) is 0 Å². The first kappa shape index (κ1) is 11.4. The van der Waals surface area contributed by atoms with E-state index in [-0.39, 0.29) is 0 Å². The molecule has 0 bridgehead atoms.